The van der Waals surface area contributed by atoms with Gasteiger partial charge < -0.3 is 4.74 Å². The highest BCUT2D eigenvalue weighted by Crippen LogP contribution is 2.22. The van der Waals surface area contributed by atoms with E-state index in [9.17, 15) is 9.70 Å². The van der Waals surface area contributed by atoms with Crippen LogP contribution in [0.4, 0.5) is 5.69 Å². The lowest BCUT2D eigenvalue weighted by Gasteiger charge is -2.30. The van der Waals surface area contributed by atoms with Crippen molar-refractivity contribution in [3.05, 3.63) is 40.9 Å². The Morgan fingerprint density at radius 3 is 2.79 bits per heavy atom. The van der Waals surface area contributed by atoms with Gasteiger partial charge >= 0.3 is 5.97 Å². The zero-order valence-corrected chi connectivity index (χ0v) is 13.8. The van der Waals surface area contributed by atoms with Crippen LogP contribution in [0.15, 0.2) is 35.5 Å². The third-order valence-electron chi connectivity index (χ3n) is 4.43. The number of rotatable bonds is 5. The standard InChI is InChI=1S/C18H21N3O3/c1-2-24-18(22)13-7-9-21(10-8-13)12-16-4-3-14-11-15(20-23)5-6-17(14)19-16/h3-6,11,13H,2,7-10,12H2,1H3. The molecule has 0 radical (unpaired) electrons. The molecule has 1 fully saturated rings. The maximum absolute atomic E-state index is 11.8. The van der Waals surface area contributed by atoms with E-state index in [-0.39, 0.29) is 11.9 Å². The number of aromatic nitrogens is 1. The number of fused-ring (bicyclic) bond motifs is 1. The molecule has 1 aromatic heterocycles. The fraction of sp³-hybridized carbons (Fsp3) is 0.444. The first-order valence-corrected chi connectivity index (χ1v) is 8.31. The summed E-state index contributed by atoms with van der Waals surface area (Å²) < 4.78 is 5.10. The lowest BCUT2D eigenvalue weighted by atomic mass is 9.97. The van der Waals surface area contributed by atoms with Crippen LogP contribution in [0.1, 0.15) is 25.5 Å². The van der Waals surface area contributed by atoms with Crippen LogP contribution in [0.2, 0.25) is 0 Å². The van der Waals surface area contributed by atoms with E-state index in [1.165, 1.54) is 0 Å². The predicted molar refractivity (Wildman–Crippen MR) is 91.8 cm³/mol. The summed E-state index contributed by atoms with van der Waals surface area (Å²) in [5.41, 5.74) is 2.27. The molecule has 0 saturated carbocycles. The second-order valence-corrected chi connectivity index (χ2v) is 6.07. The zero-order chi connectivity index (χ0) is 16.9. The summed E-state index contributed by atoms with van der Waals surface area (Å²) in [5, 5.41) is 3.86. The molecule has 1 saturated heterocycles. The van der Waals surface area contributed by atoms with Crippen LogP contribution in [0.25, 0.3) is 10.9 Å². The maximum Gasteiger partial charge on any atom is 0.309 e. The summed E-state index contributed by atoms with van der Waals surface area (Å²) in [5.74, 6) is -0.0411. The maximum atomic E-state index is 11.8. The highest BCUT2D eigenvalue weighted by molar-refractivity contribution is 5.81. The molecule has 24 heavy (non-hydrogen) atoms. The Kier molecular flexibility index (Phi) is 5.15. The molecule has 2 aromatic rings. The smallest absolute Gasteiger partial charge is 0.309 e. The number of carbonyl (C=O) groups is 1. The van der Waals surface area contributed by atoms with Gasteiger partial charge in [-0.3, -0.25) is 14.7 Å². The van der Waals surface area contributed by atoms with Crippen molar-refractivity contribution in [1.82, 2.24) is 9.88 Å². The van der Waals surface area contributed by atoms with Crippen molar-refractivity contribution in [1.29, 1.82) is 0 Å². The average molecular weight is 327 g/mol. The summed E-state index contributed by atoms with van der Waals surface area (Å²) >= 11 is 0. The quantitative estimate of drug-likeness (QED) is 0.621. The van der Waals surface area contributed by atoms with Gasteiger partial charge in [0.05, 0.1) is 23.7 Å². The third-order valence-corrected chi connectivity index (χ3v) is 4.43. The number of nitroso groups, excluding NO2 is 1. The first kappa shape index (κ1) is 16.5. The molecule has 0 amide bonds. The fourth-order valence-corrected chi connectivity index (χ4v) is 3.12. The molecule has 2 heterocycles. The minimum absolute atomic E-state index is 0.0278. The molecule has 0 N–H and O–H groups in total. The van der Waals surface area contributed by atoms with E-state index in [0.29, 0.717) is 12.3 Å². The Hall–Kier alpha value is -2.34. The molecule has 6 heteroatoms. The fourth-order valence-electron chi connectivity index (χ4n) is 3.12. The highest BCUT2D eigenvalue weighted by Gasteiger charge is 2.26. The van der Waals surface area contributed by atoms with Gasteiger partial charge in [-0.2, -0.15) is 0 Å². The van der Waals surface area contributed by atoms with Crippen LogP contribution in [-0.4, -0.2) is 35.5 Å². The van der Waals surface area contributed by atoms with E-state index in [0.717, 1.165) is 49.1 Å². The van der Waals surface area contributed by atoms with Gasteiger partial charge in [0.15, 0.2) is 0 Å². The van der Waals surface area contributed by atoms with Crippen molar-refractivity contribution in [3.63, 3.8) is 0 Å². The topological polar surface area (TPSA) is 71.9 Å². The number of carbonyl (C=O) groups excluding carboxylic acids is 1. The van der Waals surface area contributed by atoms with E-state index in [1.807, 2.05) is 25.1 Å². The van der Waals surface area contributed by atoms with Gasteiger partial charge in [-0.05, 0) is 62.3 Å². The largest absolute Gasteiger partial charge is 0.466 e. The molecule has 0 atom stereocenters. The monoisotopic (exact) mass is 327 g/mol. The van der Waals surface area contributed by atoms with Gasteiger partial charge in [0.25, 0.3) is 0 Å². The number of likely N-dealkylation sites (tertiary alicyclic amines) is 1. The number of benzene rings is 1. The van der Waals surface area contributed by atoms with E-state index in [2.05, 4.69) is 15.1 Å². The Balaban J connectivity index is 1.62. The molecule has 0 aliphatic carbocycles. The van der Waals surface area contributed by atoms with Gasteiger partial charge in [0, 0.05) is 11.9 Å². The number of hydrogen-bond acceptors (Lipinski definition) is 6. The molecule has 6 nitrogen and oxygen atoms in total. The number of esters is 1. The van der Waals surface area contributed by atoms with Gasteiger partial charge in [0.2, 0.25) is 0 Å². The molecule has 1 aliphatic rings. The SMILES string of the molecule is CCOC(=O)C1CCN(Cc2ccc3cc(N=O)ccc3n2)CC1. The summed E-state index contributed by atoms with van der Waals surface area (Å²) in [6.45, 7) is 4.79. The van der Waals surface area contributed by atoms with Crippen LogP contribution in [0.5, 0.6) is 0 Å². The lowest BCUT2D eigenvalue weighted by molar-refractivity contribution is -0.149. The number of pyridine rings is 1. The number of piperidine rings is 1. The molecule has 0 unspecified atom stereocenters. The van der Waals surface area contributed by atoms with Gasteiger partial charge in [-0.15, -0.1) is 4.91 Å². The minimum atomic E-state index is -0.0689. The van der Waals surface area contributed by atoms with Crippen molar-refractivity contribution in [2.45, 2.75) is 26.3 Å². The Morgan fingerprint density at radius 2 is 2.08 bits per heavy atom. The molecular formula is C18H21N3O3. The van der Waals surface area contributed by atoms with Gasteiger partial charge in [0.1, 0.15) is 5.69 Å². The summed E-state index contributed by atoms with van der Waals surface area (Å²) in [4.78, 5) is 29.3. The predicted octanol–water partition coefficient (Wildman–Crippen LogP) is 3.41. The van der Waals surface area contributed by atoms with Crippen molar-refractivity contribution in [2.24, 2.45) is 11.1 Å². The highest BCUT2D eigenvalue weighted by atomic mass is 16.5. The van der Waals surface area contributed by atoms with Crippen molar-refractivity contribution in [3.8, 4) is 0 Å². The Labute approximate surface area is 140 Å². The van der Waals surface area contributed by atoms with Crippen molar-refractivity contribution in [2.75, 3.05) is 19.7 Å². The average Bonchev–Trinajstić information content (AvgIpc) is 2.62. The Bertz CT molecular complexity index is 739. The lowest BCUT2D eigenvalue weighted by Crippen LogP contribution is -2.36. The number of nitrogens with zero attached hydrogens (tertiary/aromatic N) is 3. The first-order chi connectivity index (χ1) is 11.7. The molecule has 3 rings (SSSR count). The van der Waals surface area contributed by atoms with E-state index in [4.69, 9.17) is 4.74 Å². The Morgan fingerprint density at radius 1 is 1.29 bits per heavy atom. The summed E-state index contributed by atoms with van der Waals surface area (Å²) in [6, 6.07) is 9.19. The molecule has 1 aliphatic heterocycles. The summed E-state index contributed by atoms with van der Waals surface area (Å²) in [7, 11) is 0. The zero-order valence-electron chi connectivity index (χ0n) is 13.8. The van der Waals surface area contributed by atoms with Crippen LogP contribution < -0.4 is 0 Å². The van der Waals surface area contributed by atoms with Crippen LogP contribution >= 0.6 is 0 Å². The van der Waals surface area contributed by atoms with Crippen LogP contribution in [0.3, 0.4) is 0 Å². The normalized spacial score (nSPS) is 16.2. The molecule has 0 bridgehead atoms. The van der Waals surface area contributed by atoms with Crippen LogP contribution in [0, 0.1) is 10.8 Å². The van der Waals surface area contributed by atoms with Crippen LogP contribution in [-0.2, 0) is 16.1 Å². The second-order valence-electron chi connectivity index (χ2n) is 6.07. The minimum Gasteiger partial charge on any atom is -0.466 e. The van der Waals surface area contributed by atoms with Crippen molar-refractivity contribution < 1.29 is 9.53 Å². The molecule has 0 spiro atoms. The van der Waals surface area contributed by atoms with Crippen molar-refractivity contribution >= 4 is 22.6 Å². The third kappa shape index (κ3) is 3.76. The molecule has 126 valence electrons. The molecule has 1 aromatic carbocycles. The first-order valence-electron chi connectivity index (χ1n) is 8.31. The second kappa shape index (κ2) is 7.49. The van der Waals surface area contributed by atoms with Gasteiger partial charge in [-0.1, -0.05) is 6.07 Å². The number of hydrogen-bond donors (Lipinski definition) is 0. The van der Waals surface area contributed by atoms with E-state index >= 15 is 0 Å². The molecular weight excluding hydrogens is 306 g/mol. The van der Waals surface area contributed by atoms with E-state index < -0.39 is 0 Å². The summed E-state index contributed by atoms with van der Waals surface area (Å²) in [6.07, 6.45) is 1.67. The number of ether oxygens (including phenoxy) is 1. The van der Waals surface area contributed by atoms with Gasteiger partial charge in [-0.25, -0.2) is 0 Å². The van der Waals surface area contributed by atoms with E-state index in [1.54, 1.807) is 12.1 Å².